The lowest BCUT2D eigenvalue weighted by molar-refractivity contribution is -0.125. The molecule has 2 aliphatic heterocycles. The third kappa shape index (κ3) is 2.18. The second-order valence-corrected chi connectivity index (χ2v) is 3.38. The molecule has 2 saturated heterocycles. The highest BCUT2D eigenvalue weighted by atomic mass is 16.7. The van der Waals surface area contributed by atoms with Gasteiger partial charge in [0, 0.05) is 19.3 Å². The Labute approximate surface area is 76.7 Å². The fourth-order valence-corrected chi connectivity index (χ4v) is 1.62. The fourth-order valence-electron chi connectivity index (χ4n) is 1.62. The van der Waals surface area contributed by atoms with Crippen molar-refractivity contribution in [2.24, 2.45) is 0 Å². The van der Waals surface area contributed by atoms with Gasteiger partial charge in [-0.15, -0.1) is 0 Å². The predicted octanol–water partition coefficient (Wildman–Crippen LogP) is -0.815. The number of amides is 1. The van der Waals surface area contributed by atoms with Crippen LogP contribution in [-0.2, 0) is 14.4 Å². The largest absolute Gasteiger partial charge is 0.381 e. The van der Waals surface area contributed by atoms with Gasteiger partial charge in [0.25, 0.3) is 5.91 Å². The van der Waals surface area contributed by atoms with Crippen molar-refractivity contribution in [3.8, 4) is 0 Å². The smallest absolute Gasteiger partial charge is 0.263 e. The van der Waals surface area contributed by atoms with Crippen LogP contribution < -0.4 is 10.8 Å². The second-order valence-electron chi connectivity index (χ2n) is 3.38. The topological polar surface area (TPSA) is 59.6 Å². The molecule has 0 spiro atoms. The van der Waals surface area contributed by atoms with Crippen LogP contribution in [0.4, 0.5) is 0 Å². The number of hydrogen-bond acceptors (Lipinski definition) is 4. The minimum atomic E-state index is -0.178. The maximum atomic E-state index is 11.1. The Morgan fingerprint density at radius 1 is 1.38 bits per heavy atom. The van der Waals surface area contributed by atoms with E-state index in [4.69, 9.17) is 9.57 Å². The van der Waals surface area contributed by atoms with E-state index >= 15 is 0 Å². The number of carbonyl (C=O) groups is 1. The molecule has 1 amide bonds. The molecule has 1 atom stereocenters. The molecule has 0 aromatic rings. The third-order valence-corrected chi connectivity index (χ3v) is 2.40. The van der Waals surface area contributed by atoms with Crippen molar-refractivity contribution in [1.29, 1.82) is 0 Å². The molecule has 2 fully saturated rings. The average Bonchev–Trinajstić information content (AvgIpc) is 2.54. The molecule has 2 aliphatic rings. The fraction of sp³-hybridized carbons (Fsp3) is 0.875. The van der Waals surface area contributed by atoms with Crippen LogP contribution in [0.3, 0.4) is 0 Å². The van der Waals surface area contributed by atoms with E-state index in [1.54, 1.807) is 0 Å². The lowest BCUT2D eigenvalue weighted by Crippen LogP contribution is -2.46. The molecule has 74 valence electrons. The Balaban J connectivity index is 1.79. The van der Waals surface area contributed by atoms with Crippen LogP contribution in [0.25, 0.3) is 0 Å². The summed E-state index contributed by atoms with van der Waals surface area (Å²) in [5, 5.41) is 3.25. The summed E-state index contributed by atoms with van der Waals surface area (Å²) in [5.74, 6) is -0.0634. The molecule has 1 unspecified atom stereocenters. The van der Waals surface area contributed by atoms with E-state index in [1.807, 2.05) is 0 Å². The summed E-state index contributed by atoms with van der Waals surface area (Å²) in [4.78, 5) is 15.9. The molecule has 5 heteroatoms. The second kappa shape index (κ2) is 4.04. The monoisotopic (exact) mass is 186 g/mol. The van der Waals surface area contributed by atoms with Gasteiger partial charge in [0.1, 0.15) is 6.04 Å². The van der Waals surface area contributed by atoms with Crippen molar-refractivity contribution < 1.29 is 14.4 Å². The van der Waals surface area contributed by atoms with E-state index in [1.165, 1.54) is 0 Å². The number of nitrogens with one attached hydrogen (secondary N) is 2. The van der Waals surface area contributed by atoms with Crippen molar-refractivity contribution in [2.75, 3.05) is 19.8 Å². The predicted molar refractivity (Wildman–Crippen MR) is 44.9 cm³/mol. The number of rotatable bonds is 2. The first-order chi connectivity index (χ1) is 6.36. The summed E-state index contributed by atoms with van der Waals surface area (Å²) < 4.78 is 5.22. The van der Waals surface area contributed by atoms with Gasteiger partial charge in [0.15, 0.2) is 0 Å². The van der Waals surface area contributed by atoms with Gasteiger partial charge >= 0.3 is 0 Å². The number of hydrogen-bond donors (Lipinski definition) is 2. The maximum Gasteiger partial charge on any atom is 0.263 e. The van der Waals surface area contributed by atoms with Crippen molar-refractivity contribution in [3.05, 3.63) is 0 Å². The zero-order valence-electron chi connectivity index (χ0n) is 7.41. The van der Waals surface area contributed by atoms with Crippen LogP contribution in [0, 0.1) is 0 Å². The molecular formula is C8H14N2O3. The Morgan fingerprint density at radius 3 is 2.77 bits per heavy atom. The molecule has 0 bridgehead atoms. The molecule has 0 saturated carbocycles. The Kier molecular flexibility index (Phi) is 2.77. The van der Waals surface area contributed by atoms with E-state index in [-0.39, 0.29) is 11.9 Å². The third-order valence-electron chi connectivity index (χ3n) is 2.40. The van der Waals surface area contributed by atoms with Crippen molar-refractivity contribution >= 4 is 5.91 Å². The minimum Gasteiger partial charge on any atom is -0.381 e. The van der Waals surface area contributed by atoms with Crippen molar-refractivity contribution in [1.82, 2.24) is 10.8 Å². The highest BCUT2D eigenvalue weighted by Crippen LogP contribution is 2.08. The lowest BCUT2D eigenvalue weighted by atomic mass is 10.1. The molecule has 0 aromatic carbocycles. The Bertz CT molecular complexity index is 192. The standard InChI is InChI=1S/C8H14N2O3/c11-8-7(5-13-10-8)9-6-1-3-12-4-2-6/h6-7,9H,1-5H2,(H,10,11). The van der Waals surface area contributed by atoms with E-state index in [0.29, 0.717) is 12.6 Å². The summed E-state index contributed by atoms with van der Waals surface area (Å²) in [6, 6.07) is 0.217. The van der Waals surface area contributed by atoms with Gasteiger partial charge in [-0.3, -0.25) is 9.63 Å². The summed E-state index contributed by atoms with van der Waals surface area (Å²) in [7, 11) is 0. The number of ether oxygens (including phenoxy) is 1. The first-order valence-electron chi connectivity index (χ1n) is 4.62. The van der Waals surface area contributed by atoms with Gasteiger partial charge in [0.2, 0.25) is 0 Å². The van der Waals surface area contributed by atoms with Crippen LogP contribution in [0.2, 0.25) is 0 Å². The van der Waals surface area contributed by atoms with Crippen LogP contribution in [-0.4, -0.2) is 37.8 Å². The molecule has 2 rings (SSSR count). The van der Waals surface area contributed by atoms with Crippen LogP contribution in [0.5, 0.6) is 0 Å². The first-order valence-corrected chi connectivity index (χ1v) is 4.62. The molecular weight excluding hydrogens is 172 g/mol. The SMILES string of the molecule is O=C1NOCC1NC1CCOCC1. The van der Waals surface area contributed by atoms with Crippen molar-refractivity contribution in [2.45, 2.75) is 24.9 Å². The number of carbonyl (C=O) groups excluding carboxylic acids is 1. The van der Waals surface area contributed by atoms with E-state index < -0.39 is 0 Å². The van der Waals surface area contributed by atoms with Crippen LogP contribution in [0.1, 0.15) is 12.8 Å². The van der Waals surface area contributed by atoms with Gasteiger partial charge in [-0.2, -0.15) is 0 Å². The van der Waals surface area contributed by atoms with Crippen molar-refractivity contribution in [3.63, 3.8) is 0 Å². The van der Waals surface area contributed by atoms with Crippen LogP contribution in [0.15, 0.2) is 0 Å². The summed E-state index contributed by atoms with van der Waals surface area (Å²) in [5.41, 5.74) is 2.33. The molecule has 5 nitrogen and oxygen atoms in total. The van der Waals surface area contributed by atoms with Gasteiger partial charge in [-0.05, 0) is 12.8 Å². The van der Waals surface area contributed by atoms with Gasteiger partial charge in [0.05, 0.1) is 6.61 Å². The Morgan fingerprint density at radius 2 is 2.15 bits per heavy atom. The normalized spacial score (nSPS) is 30.5. The molecule has 2 N–H and O–H groups in total. The zero-order valence-corrected chi connectivity index (χ0v) is 7.41. The molecule has 0 radical (unpaired) electrons. The summed E-state index contributed by atoms with van der Waals surface area (Å²) in [6.45, 7) is 2.00. The highest BCUT2D eigenvalue weighted by molar-refractivity contribution is 5.82. The van der Waals surface area contributed by atoms with Gasteiger partial charge in [-0.25, -0.2) is 5.48 Å². The van der Waals surface area contributed by atoms with E-state index in [2.05, 4.69) is 10.8 Å². The minimum absolute atomic E-state index is 0.0634. The molecule has 13 heavy (non-hydrogen) atoms. The zero-order chi connectivity index (χ0) is 9.10. The first kappa shape index (κ1) is 8.93. The van der Waals surface area contributed by atoms with Gasteiger partial charge in [-0.1, -0.05) is 0 Å². The highest BCUT2D eigenvalue weighted by Gasteiger charge is 2.28. The van der Waals surface area contributed by atoms with Crippen LogP contribution >= 0.6 is 0 Å². The lowest BCUT2D eigenvalue weighted by Gasteiger charge is -2.24. The Hall–Kier alpha value is -0.650. The quantitative estimate of drug-likeness (QED) is 0.592. The van der Waals surface area contributed by atoms with E-state index in [0.717, 1.165) is 26.1 Å². The number of hydroxylamine groups is 1. The molecule has 0 aromatic heterocycles. The molecule has 2 heterocycles. The van der Waals surface area contributed by atoms with E-state index in [9.17, 15) is 4.79 Å². The maximum absolute atomic E-state index is 11.1. The summed E-state index contributed by atoms with van der Waals surface area (Å²) in [6.07, 6.45) is 1.95. The molecule has 0 aliphatic carbocycles. The van der Waals surface area contributed by atoms with Gasteiger partial charge < -0.3 is 10.1 Å². The average molecular weight is 186 g/mol. The summed E-state index contributed by atoms with van der Waals surface area (Å²) >= 11 is 0.